The highest BCUT2D eigenvalue weighted by Gasteiger charge is 2.26. The third-order valence-electron chi connectivity index (χ3n) is 4.42. The molecular formula is C17H25FN4O3. The average molecular weight is 352 g/mol. The first-order chi connectivity index (χ1) is 11.9. The lowest BCUT2D eigenvalue weighted by atomic mass is 10.1. The van der Waals surface area contributed by atoms with E-state index in [4.69, 9.17) is 4.74 Å². The van der Waals surface area contributed by atoms with Crippen molar-refractivity contribution in [1.82, 2.24) is 20.4 Å². The first-order valence-corrected chi connectivity index (χ1v) is 8.26. The number of hydrogen-bond donors (Lipinski definition) is 2. The van der Waals surface area contributed by atoms with Crippen LogP contribution in [0.5, 0.6) is 5.75 Å². The van der Waals surface area contributed by atoms with E-state index in [9.17, 15) is 14.0 Å². The Bertz CT molecular complexity index is 618. The van der Waals surface area contributed by atoms with Gasteiger partial charge in [-0.3, -0.25) is 19.9 Å². The van der Waals surface area contributed by atoms with Crippen molar-refractivity contribution >= 4 is 11.9 Å². The molecule has 1 saturated heterocycles. The highest BCUT2D eigenvalue weighted by atomic mass is 19.1. The third kappa shape index (κ3) is 5.14. The number of nitrogens with one attached hydrogen (secondary N) is 2. The number of imide groups is 1. The summed E-state index contributed by atoms with van der Waals surface area (Å²) in [5.74, 6) is -0.437. The van der Waals surface area contributed by atoms with Crippen LogP contribution in [0.1, 0.15) is 12.5 Å². The fourth-order valence-corrected chi connectivity index (χ4v) is 2.82. The van der Waals surface area contributed by atoms with Crippen LogP contribution in [-0.2, 0) is 11.3 Å². The average Bonchev–Trinajstić information content (AvgIpc) is 2.61. The predicted molar refractivity (Wildman–Crippen MR) is 91.9 cm³/mol. The lowest BCUT2D eigenvalue weighted by molar-refractivity contribution is -0.125. The van der Waals surface area contributed by atoms with Gasteiger partial charge in [-0.15, -0.1) is 0 Å². The van der Waals surface area contributed by atoms with Gasteiger partial charge >= 0.3 is 6.03 Å². The van der Waals surface area contributed by atoms with Gasteiger partial charge in [-0.2, -0.15) is 0 Å². The van der Waals surface area contributed by atoms with E-state index >= 15 is 0 Å². The Balaban J connectivity index is 1.84. The second-order valence-corrected chi connectivity index (χ2v) is 6.03. The smallest absolute Gasteiger partial charge is 0.321 e. The molecule has 1 heterocycles. The number of benzene rings is 1. The Morgan fingerprint density at radius 1 is 1.28 bits per heavy atom. The van der Waals surface area contributed by atoms with E-state index in [1.54, 1.807) is 13.0 Å². The molecule has 0 aliphatic carbocycles. The van der Waals surface area contributed by atoms with E-state index in [1.807, 2.05) is 11.0 Å². The van der Waals surface area contributed by atoms with Gasteiger partial charge in [0.25, 0.3) is 0 Å². The van der Waals surface area contributed by atoms with Crippen molar-refractivity contribution in [1.29, 1.82) is 0 Å². The molecule has 1 unspecified atom stereocenters. The van der Waals surface area contributed by atoms with Crippen molar-refractivity contribution in [3.05, 3.63) is 29.6 Å². The number of rotatable bonds is 5. The van der Waals surface area contributed by atoms with E-state index in [0.29, 0.717) is 19.6 Å². The summed E-state index contributed by atoms with van der Waals surface area (Å²) in [5.41, 5.74) is 0.886. The van der Waals surface area contributed by atoms with E-state index in [1.165, 1.54) is 20.2 Å². The maximum atomic E-state index is 13.8. The molecule has 3 amide bonds. The Kier molecular flexibility index (Phi) is 6.72. The summed E-state index contributed by atoms with van der Waals surface area (Å²) in [6, 6.07) is 4.10. The van der Waals surface area contributed by atoms with Crippen molar-refractivity contribution < 1.29 is 18.7 Å². The highest BCUT2D eigenvalue weighted by molar-refractivity contribution is 5.96. The number of urea groups is 1. The Hall–Kier alpha value is -2.19. The number of methoxy groups -OCH3 is 1. The first-order valence-electron chi connectivity index (χ1n) is 8.26. The molecule has 2 N–H and O–H groups in total. The highest BCUT2D eigenvalue weighted by Crippen LogP contribution is 2.19. The summed E-state index contributed by atoms with van der Waals surface area (Å²) < 4.78 is 18.7. The zero-order valence-electron chi connectivity index (χ0n) is 14.8. The Morgan fingerprint density at radius 3 is 2.52 bits per heavy atom. The Morgan fingerprint density at radius 2 is 1.96 bits per heavy atom. The van der Waals surface area contributed by atoms with Crippen LogP contribution >= 0.6 is 0 Å². The summed E-state index contributed by atoms with van der Waals surface area (Å²) in [6.07, 6.45) is 0. The van der Waals surface area contributed by atoms with Crippen LogP contribution in [0.15, 0.2) is 18.2 Å². The van der Waals surface area contributed by atoms with Crippen molar-refractivity contribution in [2.24, 2.45) is 0 Å². The fraction of sp³-hybridized carbons (Fsp3) is 0.529. The van der Waals surface area contributed by atoms with E-state index < -0.39 is 6.03 Å². The molecule has 1 atom stereocenters. The van der Waals surface area contributed by atoms with Gasteiger partial charge in [0.1, 0.15) is 0 Å². The first kappa shape index (κ1) is 19.1. The molecule has 1 fully saturated rings. The third-order valence-corrected chi connectivity index (χ3v) is 4.42. The molecule has 138 valence electrons. The lowest BCUT2D eigenvalue weighted by Gasteiger charge is -2.37. The predicted octanol–water partition coefficient (Wildman–Crippen LogP) is 0.796. The molecular weight excluding hydrogens is 327 g/mol. The summed E-state index contributed by atoms with van der Waals surface area (Å²) in [5, 5.41) is 4.66. The maximum Gasteiger partial charge on any atom is 0.321 e. The summed E-state index contributed by atoms with van der Waals surface area (Å²) in [6.45, 7) is 5.39. The number of piperazine rings is 1. The zero-order valence-corrected chi connectivity index (χ0v) is 14.8. The van der Waals surface area contributed by atoms with Gasteiger partial charge in [0.15, 0.2) is 11.6 Å². The second kappa shape index (κ2) is 8.77. The van der Waals surface area contributed by atoms with Crippen molar-refractivity contribution in [3.63, 3.8) is 0 Å². The summed E-state index contributed by atoms with van der Waals surface area (Å²) in [7, 11) is 2.91. The molecule has 2 rings (SSSR count). The number of amides is 3. The van der Waals surface area contributed by atoms with Crippen molar-refractivity contribution in [2.45, 2.75) is 19.5 Å². The molecule has 7 nitrogen and oxygen atoms in total. The molecule has 0 saturated carbocycles. The molecule has 0 spiro atoms. The van der Waals surface area contributed by atoms with Crippen LogP contribution in [0.3, 0.4) is 0 Å². The van der Waals surface area contributed by atoms with Gasteiger partial charge in [-0.1, -0.05) is 6.07 Å². The number of hydrogen-bond acceptors (Lipinski definition) is 5. The van der Waals surface area contributed by atoms with Crippen LogP contribution in [0.2, 0.25) is 0 Å². The number of ether oxygens (including phenoxy) is 1. The van der Waals surface area contributed by atoms with Crippen LogP contribution < -0.4 is 15.4 Å². The minimum atomic E-state index is -0.503. The molecule has 25 heavy (non-hydrogen) atoms. The van der Waals surface area contributed by atoms with E-state index in [-0.39, 0.29) is 23.5 Å². The van der Waals surface area contributed by atoms with Gasteiger partial charge < -0.3 is 10.1 Å². The van der Waals surface area contributed by atoms with E-state index in [0.717, 1.165) is 18.7 Å². The number of carbonyl (C=O) groups is 2. The summed E-state index contributed by atoms with van der Waals surface area (Å²) in [4.78, 5) is 27.5. The van der Waals surface area contributed by atoms with Crippen LogP contribution in [0.25, 0.3) is 0 Å². The molecule has 1 aliphatic rings. The van der Waals surface area contributed by atoms with E-state index in [2.05, 4.69) is 15.5 Å². The monoisotopic (exact) mass is 352 g/mol. The summed E-state index contributed by atoms with van der Waals surface area (Å²) >= 11 is 0. The minimum absolute atomic E-state index is 0.240. The molecule has 1 aliphatic heterocycles. The lowest BCUT2D eigenvalue weighted by Crippen LogP contribution is -2.55. The van der Waals surface area contributed by atoms with Crippen LogP contribution in [-0.4, -0.2) is 68.1 Å². The van der Waals surface area contributed by atoms with Crippen molar-refractivity contribution in [3.8, 4) is 5.75 Å². The normalized spacial score (nSPS) is 17.0. The van der Waals surface area contributed by atoms with Crippen molar-refractivity contribution in [2.75, 3.05) is 40.3 Å². The van der Waals surface area contributed by atoms with Crippen LogP contribution in [0, 0.1) is 5.82 Å². The standard InChI is InChI=1S/C17H25FN4O3/c1-12(16(23)20-17(24)19-2)22-8-6-21(7-9-22)11-13-4-5-15(25-3)14(18)10-13/h4-5,10,12H,6-9,11H2,1-3H3,(H2,19,20,23,24). The quantitative estimate of drug-likeness (QED) is 0.820. The minimum Gasteiger partial charge on any atom is -0.494 e. The molecule has 0 bridgehead atoms. The fourth-order valence-electron chi connectivity index (χ4n) is 2.82. The van der Waals surface area contributed by atoms with Crippen LogP contribution in [0.4, 0.5) is 9.18 Å². The number of carbonyl (C=O) groups excluding carboxylic acids is 2. The van der Waals surface area contributed by atoms with Gasteiger partial charge in [0.05, 0.1) is 13.2 Å². The van der Waals surface area contributed by atoms with Gasteiger partial charge in [0, 0.05) is 39.8 Å². The molecule has 0 aromatic heterocycles. The topological polar surface area (TPSA) is 73.9 Å². The molecule has 8 heteroatoms. The van der Waals surface area contributed by atoms with Gasteiger partial charge in [-0.05, 0) is 24.6 Å². The SMILES string of the molecule is CNC(=O)NC(=O)C(C)N1CCN(Cc2ccc(OC)c(F)c2)CC1. The number of halogens is 1. The zero-order chi connectivity index (χ0) is 18.4. The Labute approximate surface area is 147 Å². The molecule has 0 radical (unpaired) electrons. The molecule has 1 aromatic carbocycles. The number of nitrogens with zero attached hydrogens (tertiary/aromatic N) is 2. The maximum absolute atomic E-state index is 13.8. The van der Waals surface area contributed by atoms with Gasteiger partial charge in [0.2, 0.25) is 5.91 Å². The second-order valence-electron chi connectivity index (χ2n) is 6.03. The largest absolute Gasteiger partial charge is 0.494 e. The molecule has 1 aromatic rings. The van der Waals surface area contributed by atoms with Gasteiger partial charge in [-0.25, -0.2) is 9.18 Å².